The fourth-order valence-electron chi connectivity index (χ4n) is 3.38. The molecule has 1 saturated heterocycles. The van der Waals surface area contributed by atoms with E-state index in [4.69, 9.17) is 16.3 Å². The number of aryl methyl sites for hydroxylation is 1. The molecule has 0 saturated carbocycles. The van der Waals surface area contributed by atoms with Gasteiger partial charge in [0.2, 0.25) is 10.0 Å². The van der Waals surface area contributed by atoms with Crippen LogP contribution in [0.15, 0.2) is 47.4 Å². The molecule has 1 aliphatic rings. The standard InChI is InChI=1S/C21H25ClN2O4S/c1-4-16-6-5-7-18(10-16)23-21(25)17-8-9-19(22)20(11-17)29(26,27)24-12-14(2)28-15(3)13-24/h5-11,14-15H,4,12-13H2,1-3H3,(H,23,25). The molecule has 156 valence electrons. The lowest BCUT2D eigenvalue weighted by Crippen LogP contribution is -2.48. The van der Waals surface area contributed by atoms with Gasteiger partial charge in [0, 0.05) is 24.3 Å². The highest BCUT2D eigenvalue weighted by molar-refractivity contribution is 7.89. The maximum atomic E-state index is 13.2. The molecule has 2 unspecified atom stereocenters. The Morgan fingerprint density at radius 1 is 1.17 bits per heavy atom. The van der Waals surface area contributed by atoms with Gasteiger partial charge < -0.3 is 10.1 Å². The highest BCUT2D eigenvalue weighted by Crippen LogP contribution is 2.28. The Bertz CT molecular complexity index is 999. The molecular weight excluding hydrogens is 412 g/mol. The lowest BCUT2D eigenvalue weighted by Gasteiger charge is -2.34. The molecule has 0 aromatic heterocycles. The first-order chi connectivity index (χ1) is 13.7. The van der Waals surface area contributed by atoms with Crippen LogP contribution in [0.4, 0.5) is 5.69 Å². The summed E-state index contributed by atoms with van der Waals surface area (Å²) in [4.78, 5) is 12.6. The van der Waals surface area contributed by atoms with Crippen molar-refractivity contribution in [1.82, 2.24) is 4.31 Å². The molecule has 1 amide bonds. The van der Waals surface area contributed by atoms with Crippen LogP contribution in [-0.2, 0) is 21.2 Å². The summed E-state index contributed by atoms with van der Waals surface area (Å²) in [6.45, 7) is 6.17. The lowest BCUT2D eigenvalue weighted by molar-refractivity contribution is -0.0440. The molecule has 2 aromatic rings. The van der Waals surface area contributed by atoms with Crippen LogP contribution in [0.2, 0.25) is 5.02 Å². The van der Waals surface area contributed by atoms with Crippen molar-refractivity contribution in [3.8, 4) is 0 Å². The quantitative estimate of drug-likeness (QED) is 0.769. The van der Waals surface area contributed by atoms with Gasteiger partial charge in [-0.2, -0.15) is 4.31 Å². The van der Waals surface area contributed by atoms with Crippen LogP contribution in [0.1, 0.15) is 36.7 Å². The van der Waals surface area contributed by atoms with E-state index >= 15 is 0 Å². The molecule has 1 heterocycles. The van der Waals surface area contributed by atoms with Crippen molar-refractivity contribution >= 4 is 33.2 Å². The van der Waals surface area contributed by atoms with Crippen molar-refractivity contribution < 1.29 is 17.9 Å². The SMILES string of the molecule is CCc1cccc(NC(=O)c2ccc(Cl)c(S(=O)(=O)N3CC(C)OC(C)C3)c2)c1. The number of hydrogen-bond acceptors (Lipinski definition) is 4. The zero-order chi connectivity index (χ0) is 21.2. The zero-order valence-corrected chi connectivity index (χ0v) is 18.3. The van der Waals surface area contributed by atoms with Crippen molar-refractivity contribution in [3.63, 3.8) is 0 Å². The summed E-state index contributed by atoms with van der Waals surface area (Å²) in [5, 5.41) is 2.90. The summed E-state index contributed by atoms with van der Waals surface area (Å²) in [6, 6.07) is 11.8. The smallest absolute Gasteiger partial charge is 0.255 e. The average molecular weight is 437 g/mol. The van der Waals surface area contributed by atoms with Crippen LogP contribution in [0.25, 0.3) is 0 Å². The largest absolute Gasteiger partial charge is 0.373 e. The normalized spacial score (nSPS) is 20.4. The van der Waals surface area contributed by atoms with Gasteiger partial charge in [0.15, 0.2) is 0 Å². The first kappa shape index (κ1) is 21.8. The highest BCUT2D eigenvalue weighted by atomic mass is 35.5. The van der Waals surface area contributed by atoms with Crippen LogP contribution < -0.4 is 5.32 Å². The lowest BCUT2D eigenvalue weighted by atomic mass is 10.1. The highest BCUT2D eigenvalue weighted by Gasteiger charge is 2.33. The molecule has 0 spiro atoms. The second-order valence-corrected chi connectivity index (χ2v) is 9.55. The van der Waals surface area contributed by atoms with Gasteiger partial charge in [0.1, 0.15) is 4.90 Å². The predicted octanol–water partition coefficient (Wildman–Crippen LogP) is 3.95. The Balaban J connectivity index is 1.88. The van der Waals surface area contributed by atoms with Gasteiger partial charge in [0.05, 0.1) is 17.2 Å². The molecule has 1 aliphatic heterocycles. The summed E-state index contributed by atoms with van der Waals surface area (Å²) in [6.07, 6.45) is 0.415. The monoisotopic (exact) mass is 436 g/mol. The number of carbonyl (C=O) groups excluding carboxylic acids is 1. The maximum Gasteiger partial charge on any atom is 0.255 e. The van der Waals surface area contributed by atoms with Crippen molar-refractivity contribution in [2.24, 2.45) is 0 Å². The third kappa shape index (κ3) is 4.98. The van der Waals surface area contributed by atoms with Crippen LogP contribution in [0.5, 0.6) is 0 Å². The Kier molecular flexibility index (Phi) is 6.63. The van der Waals surface area contributed by atoms with E-state index in [0.29, 0.717) is 5.69 Å². The van der Waals surface area contributed by atoms with E-state index in [9.17, 15) is 13.2 Å². The van der Waals surface area contributed by atoms with Gasteiger partial charge in [-0.1, -0.05) is 30.7 Å². The maximum absolute atomic E-state index is 13.2. The number of anilines is 1. The number of amides is 1. The number of nitrogens with one attached hydrogen (secondary N) is 1. The van der Waals surface area contributed by atoms with E-state index in [2.05, 4.69) is 5.32 Å². The van der Waals surface area contributed by atoms with Crippen LogP contribution in [0, 0.1) is 0 Å². The average Bonchev–Trinajstić information content (AvgIpc) is 2.67. The van der Waals surface area contributed by atoms with Gasteiger partial charge in [-0.3, -0.25) is 4.79 Å². The predicted molar refractivity (Wildman–Crippen MR) is 114 cm³/mol. The molecule has 1 N–H and O–H groups in total. The summed E-state index contributed by atoms with van der Waals surface area (Å²) < 4.78 is 33.3. The van der Waals surface area contributed by atoms with Gasteiger partial charge in [-0.15, -0.1) is 0 Å². The van der Waals surface area contributed by atoms with Gasteiger partial charge in [0.25, 0.3) is 5.91 Å². The minimum atomic E-state index is -3.86. The third-order valence-corrected chi connectivity index (χ3v) is 7.10. The molecule has 8 heteroatoms. The van der Waals surface area contributed by atoms with E-state index in [-0.39, 0.29) is 40.8 Å². The number of rotatable bonds is 5. The van der Waals surface area contributed by atoms with Crippen molar-refractivity contribution in [2.75, 3.05) is 18.4 Å². The molecule has 0 bridgehead atoms. The molecule has 2 atom stereocenters. The van der Waals surface area contributed by atoms with Crippen LogP contribution in [-0.4, -0.2) is 43.9 Å². The van der Waals surface area contributed by atoms with E-state index in [0.717, 1.165) is 12.0 Å². The first-order valence-electron chi connectivity index (χ1n) is 9.56. The van der Waals surface area contributed by atoms with E-state index in [1.54, 1.807) is 6.07 Å². The van der Waals surface area contributed by atoms with Crippen LogP contribution >= 0.6 is 11.6 Å². The summed E-state index contributed by atoms with van der Waals surface area (Å²) >= 11 is 6.21. The molecule has 2 aromatic carbocycles. The molecular formula is C21H25ClN2O4S. The minimum Gasteiger partial charge on any atom is -0.373 e. The summed E-state index contributed by atoms with van der Waals surface area (Å²) in [5.41, 5.74) is 1.98. The fourth-order valence-corrected chi connectivity index (χ4v) is 5.47. The third-order valence-electron chi connectivity index (χ3n) is 4.79. The second-order valence-electron chi connectivity index (χ2n) is 7.23. The van der Waals surface area contributed by atoms with E-state index < -0.39 is 15.9 Å². The number of ether oxygens (including phenoxy) is 1. The number of hydrogen-bond donors (Lipinski definition) is 1. The number of morpholine rings is 1. The number of halogens is 1. The summed E-state index contributed by atoms with van der Waals surface area (Å²) in [7, 11) is -3.86. The molecule has 3 rings (SSSR count). The number of sulfonamides is 1. The van der Waals surface area contributed by atoms with Crippen molar-refractivity contribution in [3.05, 3.63) is 58.6 Å². The van der Waals surface area contributed by atoms with E-state index in [1.807, 2.05) is 39.0 Å². The second kappa shape index (κ2) is 8.83. The topological polar surface area (TPSA) is 75.7 Å². The Morgan fingerprint density at radius 2 is 1.86 bits per heavy atom. The number of carbonyl (C=O) groups is 1. The number of nitrogens with zero attached hydrogens (tertiary/aromatic N) is 1. The van der Waals surface area contributed by atoms with Gasteiger partial charge >= 0.3 is 0 Å². The molecule has 0 aliphatic carbocycles. The van der Waals surface area contributed by atoms with Gasteiger partial charge in [-0.25, -0.2) is 8.42 Å². The van der Waals surface area contributed by atoms with Crippen molar-refractivity contribution in [1.29, 1.82) is 0 Å². The molecule has 0 radical (unpaired) electrons. The van der Waals surface area contributed by atoms with Crippen LogP contribution in [0.3, 0.4) is 0 Å². The zero-order valence-electron chi connectivity index (χ0n) is 16.7. The van der Waals surface area contributed by atoms with Gasteiger partial charge in [-0.05, 0) is 56.2 Å². The first-order valence-corrected chi connectivity index (χ1v) is 11.4. The number of benzene rings is 2. The minimum absolute atomic E-state index is 0.0737. The molecule has 6 nitrogen and oxygen atoms in total. The Labute approximate surface area is 176 Å². The Morgan fingerprint density at radius 3 is 2.52 bits per heavy atom. The molecule has 1 fully saturated rings. The van der Waals surface area contributed by atoms with Crippen molar-refractivity contribution in [2.45, 2.75) is 44.3 Å². The Hall–Kier alpha value is -1.93. The fraction of sp³-hybridized carbons (Fsp3) is 0.381. The summed E-state index contributed by atoms with van der Waals surface area (Å²) in [5.74, 6) is -0.393. The van der Waals surface area contributed by atoms with E-state index in [1.165, 1.54) is 22.5 Å². The molecule has 29 heavy (non-hydrogen) atoms.